The highest BCUT2D eigenvalue weighted by Gasteiger charge is 2.34. The van der Waals surface area contributed by atoms with E-state index in [0.29, 0.717) is 32.0 Å². The minimum atomic E-state index is 0.227. The molecule has 0 unspecified atom stereocenters. The molecule has 1 saturated heterocycles. The molecule has 0 atom stereocenters. The van der Waals surface area contributed by atoms with Gasteiger partial charge in [-0.1, -0.05) is 12.1 Å². The lowest BCUT2D eigenvalue weighted by atomic mass is 9.97. The number of rotatable bonds is 6. The molecule has 6 heteroatoms. The van der Waals surface area contributed by atoms with E-state index in [9.17, 15) is 9.59 Å². The number of amides is 2. The van der Waals surface area contributed by atoms with E-state index in [1.807, 2.05) is 15.9 Å². The van der Waals surface area contributed by atoms with Crippen molar-refractivity contribution in [2.24, 2.45) is 11.8 Å². The van der Waals surface area contributed by atoms with Gasteiger partial charge in [0.15, 0.2) is 0 Å². The molecule has 0 radical (unpaired) electrons. The topological polar surface area (TPSA) is 59.1 Å². The van der Waals surface area contributed by atoms with Gasteiger partial charge in [-0.3, -0.25) is 9.59 Å². The van der Waals surface area contributed by atoms with Gasteiger partial charge in [0.05, 0.1) is 6.54 Å². The number of methoxy groups -OCH3 is 1. The lowest BCUT2D eigenvalue weighted by molar-refractivity contribution is -0.133. The van der Waals surface area contributed by atoms with Gasteiger partial charge in [-0.2, -0.15) is 0 Å². The van der Waals surface area contributed by atoms with Crippen LogP contribution in [0.2, 0.25) is 0 Å². The van der Waals surface area contributed by atoms with Gasteiger partial charge >= 0.3 is 0 Å². The highest BCUT2D eigenvalue weighted by molar-refractivity contribution is 5.81. The molecule has 1 aliphatic carbocycles. The molecule has 158 valence electrons. The van der Waals surface area contributed by atoms with E-state index < -0.39 is 0 Å². The Balaban J connectivity index is 1.32. The molecule has 6 nitrogen and oxygen atoms in total. The number of nitrogens with zero attached hydrogens (tertiary/aromatic N) is 2. The van der Waals surface area contributed by atoms with Crippen molar-refractivity contribution < 1.29 is 19.1 Å². The molecule has 0 N–H and O–H groups in total. The van der Waals surface area contributed by atoms with Crippen LogP contribution in [0.4, 0.5) is 0 Å². The van der Waals surface area contributed by atoms with Gasteiger partial charge in [-0.25, -0.2) is 0 Å². The van der Waals surface area contributed by atoms with Gasteiger partial charge in [0, 0.05) is 51.3 Å². The van der Waals surface area contributed by atoms with E-state index in [1.54, 1.807) is 7.11 Å². The van der Waals surface area contributed by atoms with Crippen LogP contribution >= 0.6 is 0 Å². The Hall–Kier alpha value is -2.08. The Morgan fingerprint density at radius 3 is 2.62 bits per heavy atom. The number of ether oxygens (including phenoxy) is 2. The van der Waals surface area contributed by atoms with Crippen LogP contribution < -0.4 is 4.74 Å². The zero-order valence-corrected chi connectivity index (χ0v) is 17.4. The summed E-state index contributed by atoms with van der Waals surface area (Å²) in [4.78, 5) is 29.0. The molecular formula is C23H32N2O4. The monoisotopic (exact) mass is 400 g/mol. The van der Waals surface area contributed by atoms with Crippen LogP contribution in [0, 0.1) is 11.8 Å². The third-order valence-electron chi connectivity index (χ3n) is 6.34. The Bertz CT molecular complexity index is 738. The number of benzene rings is 1. The summed E-state index contributed by atoms with van der Waals surface area (Å²) in [7, 11) is 1.74. The largest absolute Gasteiger partial charge is 0.491 e. The predicted molar refractivity (Wildman–Crippen MR) is 110 cm³/mol. The molecule has 3 aliphatic rings. The maximum atomic E-state index is 12.6. The summed E-state index contributed by atoms with van der Waals surface area (Å²) in [5.41, 5.74) is 2.19. The molecule has 2 heterocycles. The molecule has 1 aromatic carbocycles. The molecule has 0 bridgehead atoms. The molecule has 1 saturated carbocycles. The van der Waals surface area contributed by atoms with Crippen molar-refractivity contribution in [2.75, 3.05) is 40.0 Å². The summed E-state index contributed by atoms with van der Waals surface area (Å²) in [5.74, 6) is 2.17. The molecule has 4 rings (SSSR count). The van der Waals surface area contributed by atoms with E-state index in [1.165, 1.54) is 0 Å². The first-order valence-corrected chi connectivity index (χ1v) is 10.9. The number of hydrogen-bond acceptors (Lipinski definition) is 4. The fraction of sp³-hybridized carbons (Fsp3) is 0.652. The smallest absolute Gasteiger partial charge is 0.226 e. The quantitative estimate of drug-likeness (QED) is 0.737. The molecule has 1 aromatic rings. The molecule has 2 aliphatic heterocycles. The van der Waals surface area contributed by atoms with Crippen LogP contribution in [-0.2, 0) is 27.3 Å². The second kappa shape index (κ2) is 9.16. The molecule has 2 fully saturated rings. The van der Waals surface area contributed by atoms with Crippen molar-refractivity contribution in [2.45, 2.75) is 45.1 Å². The zero-order valence-electron chi connectivity index (χ0n) is 17.4. The first-order chi connectivity index (χ1) is 14.1. The second-order valence-electron chi connectivity index (χ2n) is 8.60. The molecular weight excluding hydrogens is 368 g/mol. The van der Waals surface area contributed by atoms with Crippen molar-refractivity contribution >= 4 is 11.8 Å². The summed E-state index contributed by atoms with van der Waals surface area (Å²) in [5, 5.41) is 0. The first kappa shape index (κ1) is 20.2. The average molecular weight is 401 g/mol. The Kier molecular flexibility index (Phi) is 6.38. The zero-order chi connectivity index (χ0) is 20.2. The average Bonchev–Trinajstić information content (AvgIpc) is 3.59. The molecule has 0 aromatic heterocycles. The summed E-state index contributed by atoms with van der Waals surface area (Å²) < 4.78 is 11.1. The fourth-order valence-corrected chi connectivity index (χ4v) is 4.37. The predicted octanol–water partition coefficient (Wildman–Crippen LogP) is 2.64. The molecule has 2 amide bonds. The number of carbonyl (C=O) groups excluding carboxylic acids is 2. The maximum absolute atomic E-state index is 12.6. The third-order valence-corrected chi connectivity index (χ3v) is 6.34. The fourth-order valence-electron chi connectivity index (χ4n) is 4.37. The Morgan fingerprint density at radius 1 is 1.10 bits per heavy atom. The van der Waals surface area contributed by atoms with Crippen LogP contribution in [0.5, 0.6) is 5.75 Å². The number of fused-ring (bicyclic) bond motifs is 1. The van der Waals surface area contributed by atoms with Crippen LogP contribution in [0.3, 0.4) is 0 Å². The minimum Gasteiger partial charge on any atom is -0.491 e. The van der Waals surface area contributed by atoms with Crippen LogP contribution in [0.1, 0.15) is 43.2 Å². The highest BCUT2D eigenvalue weighted by Crippen LogP contribution is 2.33. The van der Waals surface area contributed by atoms with Crippen LogP contribution in [-0.4, -0.2) is 61.6 Å². The van der Waals surface area contributed by atoms with Gasteiger partial charge < -0.3 is 19.3 Å². The van der Waals surface area contributed by atoms with Gasteiger partial charge in [0.1, 0.15) is 12.4 Å². The number of aryl methyl sites for hydroxylation is 1. The lowest BCUT2D eigenvalue weighted by Gasteiger charge is -2.31. The lowest BCUT2D eigenvalue weighted by Crippen LogP contribution is -2.39. The number of hydrogen-bond donors (Lipinski definition) is 0. The number of carbonyl (C=O) groups is 2. The minimum absolute atomic E-state index is 0.227. The van der Waals surface area contributed by atoms with Crippen molar-refractivity contribution in [1.29, 1.82) is 0 Å². The van der Waals surface area contributed by atoms with Crippen molar-refractivity contribution in [3.8, 4) is 5.75 Å². The molecule has 29 heavy (non-hydrogen) atoms. The van der Waals surface area contributed by atoms with Gasteiger partial charge in [0.25, 0.3) is 0 Å². The normalized spacial score (nSPS) is 20.0. The van der Waals surface area contributed by atoms with Crippen LogP contribution in [0.15, 0.2) is 18.2 Å². The molecule has 0 spiro atoms. The van der Waals surface area contributed by atoms with E-state index in [-0.39, 0.29) is 17.7 Å². The summed E-state index contributed by atoms with van der Waals surface area (Å²) >= 11 is 0. The standard InChI is InChI=1S/C23H32N2O4/c1-28-16-18-8-10-24(11-9-18)22(26)7-3-17-2-6-21-20(14-17)15-25(12-13-29-21)23(27)19-4-5-19/h2,6,14,18-19H,3-5,7-13,15-16H2,1H3. The number of piperidine rings is 1. The Morgan fingerprint density at radius 2 is 1.90 bits per heavy atom. The van der Waals surface area contributed by atoms with Crippen molar-refractivity contribution in [1.82, 2.24) is 9.80 Å². The van der Waals surface area contributed by atoms with E-state index in [4.69, 9.17) is 9.47 Å². The van der Waals surface area contributed by atoms with Crippen molar-refractivity contribution in [3.05, 3.63) is 29.3 Å². The Labute approximate surface area is 173 Å². The van der Waals surface area contributed by atoms with E-state index in [2.05, 4.69) is 12.1 Å². The van der Waals surface area contributed by atoms with Crippen molar-refractivity contribution in [3.63, 3.8) is 0 Å². The second-order valence-corrected chi connectivity index (χ2v) is 8.60. The maximum Gasteiger partial charge on any atom is 0.226 e. The first-order valence-electron chi connectivity index (χ1n) is 10.9. The number of likely N-dealkylation sites (tertiary alicyclic amines) is 1. The van der Waals surface area contributed by atoms with E-state index in [0.717, 1.165) is 68.7 Å². The van der Waals surface area contributed by atoms with Gasteiger partial charge in [-0.05, 0) is 49.7 Å². The van der Waals surface area contributed by atoms with Gasteiger partial charge in [-0.15, -0.1) is 0 Å². The van der Waals surface area contributed by atoms with E-state index >= 15 is 0 Å². The third kappa shape index (κ3) is 5.10. The summed E-state index contributed by atoms with van der Waals surface area (Å²) in [6.07, 6.45) is 5.35. The highest BCUT2D eigenvalue weighted by atomic mass is 16.5. The van der Waals surface area contributed by atoms with Crippen LogP contribution in [0.25, 0.3) is 0 Å². The summed E-state index contributed by atoms with van der Waals surface area (Å²) in [6, 6.07) is 6.16. The van der Waals surface area contributed by atoms with Gasteiger partial charge in [0.2, 0.25) is 11.8 Å². The SMILES string of the molecule is COCC1CCN(C(=O)CCc2ccc3c(c2)CN(C(=O)C2CC2)CCO3)CC1. The summed E-state index contributed by atoms with van der Waals surface area (Å²) in [6.45, 7) is 4.27.